The van der Waals surface area contributed by atoms with Crippen molar-refractivity contribution in [1.29, 1.82) is 0 Å². The largest absolute Gasteiger partial charge is 0.489 e. The van der Waals surface area contributed by atoms with E-state index in [4.69, 9.17) is 16.3 Å². The number of carbonyl (C=O) groups excluding carboxylic acids is 1. The molecule has 0 saturated carbocycles. The molecule has 0 heterocycles. The van der Waals surface area contributed by atoms with Crippen LogP contribution in [-0.2, 0) is 4.79 Å². The highest BCUT2D eigenvalue weighted by atomic mass is 35.5. The van der Waals surface area contributed by atoms with Gasteiger partial charge in [0.2, 0.25) is 5.91 Å². The van der Waals surface area contributed by atoms with Crippen LogP contribution in [0, 0.1) is 0 Å². The maximum atomic E-state index is 11.7. The molecule has 21 heavy (non-hydrogen) atoms. The minimum Gasteiger partial charge on any atom is -0.489 e. The van der Waals surface area contributed by atoms with Crippen LogP contribution in [0.1, 0.15) is 20.8 Å². The SMILES string of the molecule is CC(C)NC(=O)C(C)NCC(O)COc1ccccc1Cl. The van der Waals surface area contributed by atoms with E-state index in [9.17, 15) is 9.90 Å². The van der Waals surface area contributed by atoms with Gasteiger partial charge in [0.25, 0.3) is 0 Å². The average molecular weight is 315 g/mol. The van der Waals surface area contributed by atoms with E-state index in [1.165, 1.54) is 0 Å². The molecule has 1 amide bonds. The molecule has 0 aliphatic heterocycles. The van der Waals surface area contributed by atoms with Crippen LogP contribution in [0.15, 0.2) is 24.3 Å². The number of benzene rings is 1. The Bertz CT molecular complexity index is 454. The van der Waals surface area contributed by atoms with Crippen LogP contribution in [0.5, 0.6) is 5.75 Å². The summed E-state index contributed by atoms with van der Waals surface area (Å²) in [6.07, 6.45) is -0.726. The van der Waals surface area contributed by atoms with Gasteiger partial charge >= 0.3 is 0 Å². The standard InChI is InChI=1S/C15H23ClN2O3/c1-10(2)18-15(20)11(3)17-8-12(19)9-21-14-7-5-4-6-13(14)16/h4-7,10-12,17,19H,8-9H2,1-3H3,(H,18,20). The van der Waals surface area contributed by atoms with Crippen molar-refractivity contribution >= 4 is 17.5 Å². The third kappa shape index (κ3) is 6.80. The lowest BCUT2D eigenvalue weighted by Crippen LogP contribution is -2.47. The molecule has 0 aromatic heterocycles. The number of halogens is 1. The summed E-state index contributed by atoms with van der Waals surface area (Å²) in [4.78, 5) is 11.7. The van der Waals surface area contributed by atoms with Gasteiger partial charge in [0.05, 0.1) is 11.1 Å². The summed E-state index contributed by atoms with van der Waals surface area (Å²) in [6.45, 7) is 5.92. The highest BCUT2D eigenvalue weighted by Gasteiger charge is 2.15. The Morgan fingerprint density at radius 2 is 2.00 bits per heavy atom. The molecule has 118 valence electrons. The van der Waals surface area contributed by atoms with Crippen LogP contribution in [0.25, 0.3) is 0 Å². The summed E-state index contributed by atoms with van der Waals surface area (Å²) in [5.74, 6) is 0.438. The molecule has 0 aliphatic carbocycles. The number of rotatable bonds is 8. The number of hydrogen-bond acceptors (Lipinski definition) is 4. The zero-order chi connectivity index (χ0) is 15.8. The van der Waals surface area contributed by atoms with Crippen molar-refractivity contribution in [1.82, 2.24) is 10.6 Å². The molecule has 6 heteroatoms. The van der Waals surface area contributed by atoms with Gasteiger partial charge in [-0.25, -0.2) is 0 Å². The number of carbonyl (C=O) groups is 1. The Labute approximate surface area is 130 Å². The summed E-state index contributed by atoms with van der Waals surface area (Å²) in [5, 5.41) is 16.1. The molecule has 0 spiro atoms. The summed E-state index contributed by atoms with van der Waals surface area (Å²) in [6, 6.07) is 6.80. The van der Waals surface area contributed by atoms with E-state index in [0.29, 0.717) is 10.8 Å². The second-order valence-electron chi connectivity index (χ2n) is 5.19. The predicted molar refractivity (Wildman–Crippen MR) is 83.7 cm³/mol. The molecule has 1 aromatic rings. The first-order valence-corrected chi connectivity index (χ1v) is 7.37. The van der Waals surface area contributed by atoms with Crippen molar-refractivity contribution < 1.29 is 14.6 Å². The van der Waals surface area contributed by atoms with Crippen molar-refractivity contribution in [3.05, 3.63) is 29.3 Å². The molecule has 0 bridgehead atoms. The highest BCUT2D eigenvalue weighted by molar-refractivity contribution is 6.32. The molecule has 3 N–H and O–H groups in total. The van der Waals surface area contributed by atoms with Crippen LogP contribution < -0.4 is 15.4 Å². The van der Waals surface area contributed by atoms with Gasteiger partial charge in [-0.2, -0.15) is 0 Å². The molecule has 0 aliphatic rings. The first kappa shape index (κ1) is 17.8. The van der Waals surface area contributed by atoms with Gasteiger partial charge in [-0.05, 0) is 32.9 Å². The zero-order valence-electron chi connectivity index (χ0n) is 12.6. The summed E-state index contributed by atoms with van der Waals surface area (Å²) >= 11 is 5.95. The van der Waals surface area contributed by atoms with E-state index in [-0.39, 0.29) is 31.1 Å². The van der Waals surface area contributed by atoms with Gasteiger partial charge in [-0.3, -0.25) is 4.79 Å². The topological polar surface area (TPSA) is 70.6 Å². The zero-order valence-corrected chi connectivity index (χ0v) is 13.4. The Morgan fingerprint density at radius 1 is 1.33 bits per heavy atom. The van der Waals surface area contributed by atoms with E-state index in [1.54, 1.807) is 19.1 Å². The lowest BCUT2D eigenvalue weighted by molar-refractivity contribution is -0.123. The molecular formula is C15H23ClN2O3. The number of ether oxygens (including phenoxy) is 1. The average Bonchev–Trinajstić information content (AvgIpc) is 2.43. The fraction of sp³-hybridized carbons (Fsp3) is 0.533. The lowest BCUT2D eigenvalue weighted by Gasteiger charge is -2.18. The molecule has 2 unspecified atom stereocenters. The predicted octanol–water partition coefficient (Wildman–Crippen LogP) is 1.58. The normalized spacial score (nSPS) is 13.8. The van der Waals surface area contributed by atoms with Gasteiger partial charge < -0.3 is 20.5 Å². The van der Waals surface area contributed by atoms with Gasteiger partial charge in [-0.15, -0.1) is 0 Å². The number of hydrogen-bond donors (Lipinski definition) is 3. The van der Waals surface area contributed by atoms with Crippen molar-refractivity contribution in [2.45, 2.75) is 39.0 Å². The lowest BCUT2D eigenvalue weighted by atomic mass is 10.2. The van der Waals surface area contributed by atoms with Gasteiger partial charge in [0.1, 0.15) is 18.5 Å². The summed E-state index contributed by atoms with van der Waals surface area (Å²) in [7, 11) is 0. The van der Waals surface area contributed by atoms with Gasteiger partial charge in [-0.1, -0.05) is 23.7 Å². The second kappa shape index (κ2) is 8.87. The number of aliphatic hydroxyl groups is 1. The molecule has 5 nitrogen and oxygen atoms in total. The smallest absolute Gasteiger partial charge is 0.237 e. The summed E-state index contributed by atoms with van der Waals surface area (Å²) < 4.78 is 5.43. The maximum absolute atomic E-state index is 11.7. The van der Waals surface area contributed by atoms with Gasteiger partial charge in [0, 0.05) is 12.6 Å². The number of para-hydroxylation sites is 1. The number of nitrogens with one attached hydrogen (secondary N) is 2. The van der Waals surface area contributed by atoms with E-state index < -0.39 is 6.10 Å². The van der Waals surface area contributed by atoms with Crippen molar-refractivity contribution in [3.63, 3.8) is 0 Å². The van der Waals surface area contributed by atoms with Crippen LogP contribution in [0.4, 0.5) is 0 Å². The van der Waals surface area contributed by atoms with Crippen molar-refractivity contribution in [3.8, 4) is 5.75 Å². The fourth-order valence-electron chi connectivity index (χ4n) is 1.62. The number of aliphatic hydroxyl groups excluding tert-OH is 1. The van der Waals surface area contributed by atoms with Crippen LogP contribution >= 0.6 is 11.6 Å². The second-order valence-corrected chi connectivity index (χ2v) is 5.60. The quantitative estimate of drug-likeness (QED) is 0.681. The Morgan fingerprint density at radius 3 is 2.62 bits per heavy atom. The fourth-order valence-corrected chi connectivity index (χ4v) is 1.81. The Balaban J connectivity index is 2.29. The monoisotopic (exact) mass is 314 g/mol. The first-order chi connectivity index (χ1) is 9.90. The minimum atomic E-state index is -0.726. The van der Waals surface area contributed by atoms with Crippen LogP contribution in [0.3, 0.4) is 0 Å². The van der Waals surface area contributed by atoms with Crippen molar-refractivity contribution in [2.75, 3.05) is 13.2 Å². The first-order valence-electron chi connectivity index (χ1n) is 6.99. The molecule has 1 rings (SSSR count). The molecule has 1 aromatic carbocycles. The van der Waals surface area contributed by atoms with E-state index >= 15 is 0 Å². The Hall–Kier alpha value is -1.30. The molecule has 0 saturated heterocycles. The molecule has 2 atom stereocenters. The third-order valence-corrected chi connectivity index (χ3v) is 3.06. The highest BCUT2D eigenvalue weighted by Crippen LogP contribution is 2.22. The minimum absolute atomic E-state index is 0.0928. The Kier molecular flexibility index (Phi) is 7.50. The molecular weight excluding hydrogens is 292 g/mol. The third-order valence-electron chi connectivity index (χ3n) is 2.75. The van der Waals surface area contributed by atoms with E-state index in [0.717, 1.165) is 0 Å². The summed E-state index contributed by atoms with van der Waals surface area (Å²) in [5.41, 5.74) is 0. The van der Waals surface area contributed by atoms with Crippen LogP contribution in [-0.4, -0.2) is 42.4 Å². The maximum Gasteiger partial charge on any atom is 0.237 e. The number of amides is 1. The van der Waals surface area contributed by atoms with Crippen LogP contribution in [0.2, 0.25) is 5.02 Å². The van der Waals surface area contributed by atoms with E-state index in [2.05, 4.69) is 10.6 Å². The molecule has 0 fully saturated rings. The van der Waals surface area contributed by atoms with E-state index in [1.807, 2.05) is 26.0 Å². The molecule has 0 radical (unpaired) electrons. The van der Waals surface area contributed by atoms with Gasteiger partial charge in [0.15, 0.2) is 0 Å². The van der Waals surface area contributed by atoms with Crippen molar-refractivity contribution in [2.24, 2.45) is 0 Å².